The van der Waals surface area contributed by atoms with Crippen LogP contribution < -0.4 is 0 Å². The van der Waals surface area contributed by atoms with Gasteiger partial charge in [-0.3, -0.25) is 0 Å². The molecule has 1 heteroatoms. The van der Waals surface area contributed by atoms with E-state index in [1.807, 2.05) is 12.1 Å². The molecule has 0 fully saturated rings. The Labute approximate surface area is 108 Å². The van der Waals surface area contributed by atoms with Crippen molar-refractivity contribution in [3.63, 3.8) is 0 Å². The van der Waals surface area contributed by atoms with E-state index in [1.165, 1.54) is 22.3 Å². The lowest BCUT2D eigenvalue weighted by Crippen LogP contribution is -1.94. The maximum Gasteiger partial charge on any atom is 0.0487 e. The first-order valence-electron chi connectivity index (χ1n) is 5.95. The zero-order valence-electron chi connectivity index (χ0n) is 10.5. The zero-order valence-corrected chi connectivity index (χ0v) is 11.3. The van der Waals surface area contributed by atoms with Crippen molar-refractivity contribution >= 4 is 11.6 Å². The molecule has 0 aromatic heterocycles. The summed E-state index contributed by atoms with van der Waals surface area (Å²) in [5.41, 5.74) is 5.00. The predicted octanol–water partition coefficient (Wildman–Crippen LogP) is 5.44. The smallest absolute Gasteiger partial charge is 0.0487 e. The summed E-state index contributed by atoms with van der Waals surface area (Å²) < 4.78 is 0. The van der Waals surface area contributed by atoms with E-state index in [0.29, 0.717) is 5.92 Å². The molecule has 88 valence electrons. The molecule has 0 aliphatic carbocycles. The van der Waals surface area contributed by atoms with Gasteiger partial charge in [-0.2, -0.15) is 0 Å². The fourth-order valence-electron chi connectivity index (χ4n) is 2.20. The molecule has 2 aromatic rings. The third kappa shape index (κ3) is 2.37. The fourth-order valence-corrected chi connectivity index (χ4v) is 2.52. The number of aryl methyl sites for hydroxylation is 1. The van der Waals surface area contributed by atoms with Crippen molar-refractivity contribution in [3.05, 3.63) is 58.6 Å². The number of benzene rings is 2. The fraction of sp³-hybridized carbons (Fsp3) is 0.250. The topological polar surface area (TPSA) is 0 Å². The highest BCUT2D eigenvalue weighted by Gasteiger charge is 2.12. The van der Waals surface area contributed by atoms with Crippen LogP contribution in [0.3, 0.4) is 0 Å². The van der Waals surface area contributed by atoms with Crippen LogP contribution in [0.2, 0.25) is 5.02 Å². The molecule has 0 aliphatic rings. The molecule has 0 heterocycles. The van der Waals surface area contributed by atoms with Gasteiger partial charge in [0.1, 0.15) is 0 Å². The molecule has 2 rings (SSSR count). The molecule has 17 heavy (non-hydrogen) atoms. The summed E-state index contributed by atoms with van der Waals surface area (Å²) in [6.45, 7) is 6.54. The summed E-state index contributed by atoms with van der Waals surface area (Å²) in [7, 11) is 0. The van der Waals surface area contributed by atoms with Gasteiger partial charge in [0.25, 0.3) is 0 Å². The molecule has 0 radical (unpaired) electrons. The SMILES string of the molecule is Cc1cccc(Cl)c1-c1ccccc1C(C)C. The molecule has 0 nitrogen and oxygen atoms in total. The molecule has 0 saturated carbocycles. The Balaban J connectivity index is 2.69. The maximum atomic E-state index is 6.34. The first-order valence-corrected chi connectivity index (χ1v) is 6.33. The van der Waals surface area contributed by atoms with Crippen molar-refractivity contribution in [3.8, 4) is 11.1 Å². The van der Waals surface area contributed by atoms with Crippen LogP contribution in [0.4, 0.5) is 0 Å². The lowest BCUT2D eigenvalue weighted by molar-refractivity contribution is 0.869. The Hall–Kier alpha value is -1.27. The molecule has 0 bridgehead atoms. The van der Waals surface area contributed by atoms with Crippen molar-refractivity contribution in [2.75, 3.05) is 0 Å². The quantitative estimate of drug-likeness (QED) is 0.660. The van der Waals surface area contributed by atoms with Gasteiger partial charge in [-0.25, -0.2) is 0 Å². The molecule has 0 saturated heterocycles. The van der Waals surface area contributed by atoms with Gasteiger partial charge in [0, 0.05) is 10.6 Å². The van der Waals surface area contributed by atoms with Crippen LogP contribution >= 0.6 is 11.6 Å². The molecule has 0 atom stereocenters. The molecule has 0 aliphatic heterocycles. The van der Waals surface area contributed by atoms with Gasteiger partial charge < -0.3 is 0 Å². The van der Waals surface area contributed by atoms with Gasteiger partial charge in [0.2, 0.25) is 0 Å². The van der Waals surface area contributed by atoms with Crippen LogP contribution in [0.25, 0.3) is 11.1 Å². The third-order valence-corrected chi connectivity index (χ3v) is 3.39. The highest BCUT2D eigenvalue weighted by atomic mass is 35.5. The van der Waals surface area contributed by atoms with E-state index in [1.54, 1.807) is 0 Å². The van der Waals surface area contributed by atoms with Gasteiger partial charge in [-0.05, 0) is 35.6 Å². The molecule has 0 amide bonds. The molecule has 2 aromatic carbocycles. The average molecular weight is 245 g/mol. The summed E-state index contributed by atoms with van der Waals surface area (Å²) in [6.07, 6.45) is 0. The van der Waals surface area contributed by atoms with Crippen molar-refractivity contribution in [2.45, 2.75) is 26.7 Å². The molecular formula is C16H17Cl. The Morgan fingerprint density at radius 1 is 0.941 bits per heavy atom. The Kier molecular flexibility index (Phi) is 3.54. The maximum absolute atomic E-state index is 6.34. The van der Waals surface area contributed by atoms with E-state index in [4.69, 9.17) is 11.6 Å². The second kappa shape index (κ2) is 4.93. The van der Waals surface area contributed by atoms with Crippen LogP contribution in [0.1, 0.15) is 30.9 Å². The van der Waals surface area contributed by atoms with E-state index < -0.39 is 0 Å². The second-order valence-electron chi connectivity index (χ2n) is 4.67. The third-order valence-electron chi connectivity index (χ3n) is 3.07. The van der Waals surface area contributed by atoms with Crippen molar-refractivity contribution in [2.24, 2.45) is 0 Å². The first-order chi connectivity index (χ1) is 8.11. The number of rotatable bonds is 2. The summed E-state index contributed by atoms with van der Waals surface area (Å²) in [4.78, 5) is 0. The Morgan fingerprint density at radius 2 is 1.65 bits per heavy atom. The number of hydrogen-bond donors (Lipinski definition) is 0. The molecular weight excluding hydrogens is 228 g/mol. The highest BCUT2D eigenvalue weighted by molar-refractivity contribution is 6.33. The average Bonchev–Trinajstić information content (AvgIpc) is 2.29. The molecule has 0 N–H and O–H groups in total. The minimum Gasteiger partial charge on any atom is -0.0837 e. The van der Waals surface area contributed by atoms with Crippen LogP contribution in [0.15, 0.2) is 42.5 Å². The lowest BCUT2D eigenvalue weighted by Gasteiger charge is -2.15. The van der Waals surface area contributed by atoms with Crippen LogP contribution in [-0.2, 0) is 0 Å². The van der Waals surface area contributed by atoms with E-state index >= 15 is 0 Å². The largest absolute Gasteiger partial charge is 0.0837 e. The van der Waals surface area contributed by atoms with Gasteiger partial charge in [0.05, 0.1) is 0 Å². The molecule has 0 spiro atoms. The Morgan fingerprint density at radius 3 is 2.29 bits per heavy atom. The van der Waals surface area contributed by atoms with Crippen molar-refractivity contribution in [1.29, 1.82) is 0 Å². The second-order valence-corrected chi connectivity index (χ2v) is 5.08. The number of halogens is 1. The van der Waals surface area contributed by atoms with Gasteiger partial charge in [-0.15, -0.1) is 0 Å². The molecule has 0 unspecified atom stereocenters. The highest BCUT2D eigenvalue weighted by Crippen LogP contribution is 2.35. The monoisotopic (exact) mass is 244 g/mol. The van der Waals surface area contributed by atoms with E-state index in [0.717, 1.165) is 5.02 Å². The number of hydrogen-bond acceptors (Lipinski definition) is 0. The summed E-state index contributed by atoms with van der Waals surface area (Å²) in [5, 5.41) is 0.832. The minimum absolute atomic E-state index is 0.502. The normalized spacial score (nSPS) is 10.9. The van der Waals surface area contributed by atoms with E-state index in [-0.39, 0.29) is 0 Å². The lowest BCUT2D eigenvalue weighted by atomic mass is 9.90. The van der Waals surface area contributed by atoms with E-state index in [9.17, 15) is 0 Å². The summed E-state index contributed by atoms with van der Waals surface area (Å²) >= 11 is 6.34. The van der Waals surface area contributed by atoms with Gasteiger partial charge >= 0.3 is 0 Å². The van der Waals surface area contributed by atoms with Crippen LogP contribution in [-0.4, -0.2) is 0 Å². The zero-order chi connectivity index (χ0) is 12.4. The Bertz CT molecular complexity index is 507. The first kappa shape index (κ1) is 12.2. The summed E-state index contributed by atoms with van der Waals surface area (Å²) in [5.74, 6) is 0.502. The van der Waals surface area contributed by atoms with Crippen molar-refractivity contribution in [1.82, 2.24) is 0 Å². The minimum atomic E-state index is 0.502. The predicted molar refractivity (Wildman–Crippen MR) is 75.7 cm³/mol. The van der Waals surface area contributed by atoms with Crippen LogP contribution in [0, 0.1) is 6.92 Å². The summed E-state index contributed by atoms with van der Waals surface area (Å²) in [6, 6.07) is 14.6. The van der Waals surface area contributed by atoms with Gasteiger partial charge in [0.15, 0.2) is 0 Å². The van der Waals surface area contributed by atoms with Gasteiger partial charge in [-0.1, -0.05) is 61.8 Å². The van der Waals surface area contributed by atoms with E-state index in [2.05, 4.69) is 51.1 Å². The van der Waals surface area contributed by atoms with Crippen LogP contribution in [0.5, 0.6) is 0 Å². The van der Waals surface area contributed by atoms with Crippen molar-refractivity contribution < 1.29 is 0 Å². The standard InChI is InChI=1S/C16H17Cl/c1-11(2)13-8-4-5-9-14(13)16-12(3)7-6-10-15(16)17/h4-11H,1-3H3.